The SMILES string of the molecule is Cc1ccc(NC(=O)COC(=O)c2ccc(NS(=O)(=O)c3ccc4c(c3)OCCO4)cc2)cc1C. The van der Waals surface area contributed by atoms with Crippen LogP contribution in [-0.4, -0.2) is 40.1 Å². The molecule has 0 saturated carbocycles. The maximum Gasteiger partial charge on any atom is 0.338 e. The van der Waals surface area contributed by atoms with Gasteiger partial charge in [-0.3, -0.25) is 9.52 Å². The normalized spacial score (nSPS) is 12.5. The summed E-state index contributed by atoms with van der Waals surface area (Å²) in [7, 11) is -3.89. The van der Waals surface area contributed by atoms with Crippen LogP contribution in [0.1, 0.15) is 21.5 Å². The molecule has 3 aromatic rings. The van der Waals surface area contributed by atoms with Gasteiger partial charge in [-0.1, -0.05) is 6.07 Å². The molecule has 1 aliphatic rings. The van der Waals surface area contributed by atoms with Gasteiger partial charge in [0.05, 0.1) is 10.5 Å². The number of sulfonamides is 1. The maximum atomic E-state index is 12.7. The molecule has 182 valence electrons. The highest BCUT2D eigenvalue weighted by atomic mass is 32.2. The molecule has 10 heteroatoms. The minimum absolute atomic E-state index is 0.0139. The average Bonchev–Trinajstić information content (AvgIpc) is 2.85. The van der Waals surface area contributed by atoms with E-state index >= 15 is 0 Å². The van der Waals surface area contributed by atoms with Gasteiger partial charge >= 0.3 is 5.97 Å². The van der Waals surface area contributed by atoms with Gasteiger partial charge in [0.2, 0.25) is 0 Å². The van der Waals surface area contributed by atoms with Gasteiger partial charge in [0, 0.05) is 17.4 Å². The lowest BCUT2D eigenvalue weighted by atomic mass is 10.1. The number of esters is 1. The van der Waals surface area contributed by atoms with Crippen LogP contribution >= 0.6 is 0 Å². The molecular weight excluding hydrogens is 472 g/mol. The number of fused-ring (bicyclic) bond motifs is 1. The Hall–Kier alpha value is -4.05. The van der Waals surface area contributed by atoms with E-state index in [0.717, 1.165) is 11.1 Å². The number of amides is 1. The van der Waals surface area contributed by atoms with E-state index in [-0.39, 0.29) is 16.1 Å². The number of carbonyl (C=O) groups is 2. The highest BCUT2D eigenvalue weighted by molar-refractivity contribution is 7.92. The summed E-state index contributed by atoms with van der Waals surface area (Å²) in [6, 6.07) is 15.5. The summed E-state index contributed by atoms with van der Waals surface area (Å²) in [5.41, 5.74) is 3.18. The van der Waals surface area contributed by atoms with E-state index in [0.29, 0.717) is 30.4 Å². The van der Waals surface area contributed by atoms with Crippen LogP contribution in [0.25, 0.3) is 0 Å². The van der Waals surface area contributed by atoms with Gasteiger partial charge in [0.15, 0.2) is 18.1 Å². The Morgan fingerprint density at radius 1 is 0.857 bits per heavy atom. The zero-order chi connectivity index (χ0) is 25.0. The molecule has 0 unspecified atom stereocenters. The molecule has 2 N–H and O–H groups in total. The summed E-state index contributed by atoms with van der Waals surface area (Å²) in [5.74, 6) is -0.327. The van der Waals surface area contributed by atoms with E-state index in [1.807, 2.05) is 26.0 Å². The first-order valence-electron chi connectivity index (χ1n) is 10.8. The van der Waals surface area contributed by atoms with Crippen molar-refractivity contribution in [1.29, 1.82) is 0 Å². The lowest BCUT2D eigenvalue weighted by Crippen LogP contribution is -2.21. The third-order valence-electron chi connectivity index (χ3n) is 5.32. The molecule has 4 rings (SSSR count). The predicted molar refractivity (Wildman–Crippen MR) is 130 cm³/mol. The molecule has 9 nitrogen and oxygen atoms in total. The van der Waals surface area contributed by atoms with Gasteiger partial charge in [-0.2, -0.15) is 0 Å². The third kappa shape index (κ3) is 5.90. The number of anilines is 2. The second-order valence-corrected chi connectivity index (χ2v) is 9.59. The summed E-state index contributed by atoms with van der Waals surface area (Å²) in [5, 5.41) is 2.68. The summed E-state index contributed by atoms with van der Waals surface area (Å²) in [6.45, 7) is 4.20. The van der Waals surface area contributed by atoms with E-state index < -0.39 is 28.5 Å². The highest BCUT2D eigenvalue weighted by Crippen LogP contribution is 2.32. The van der Waals surface area contributed by atoms with Crippen molar-refractivity contribution in [2.45, 2.75) is 18.7 Å². The molecule has 1 aliphatic heterocycles. The van der Waals surface area contributed by atoms with Gasteiger partial charge in [-0.05, 0) is 73.5 Å². The van der Waals surface area contributed by atoms with Crippen molar-refractivity contribution in [3.8, 4) is 11.5 Å². The fourth-order valence-electron chi connectivity index (χ4n) is 3.31. The fraction of sp³-hybridized carbons (Fsp3) is 0.200. The summed E-state index contributed by atoms with van der Waals surface area (Å²) >= 11 is 0. The van der Waals surface area contributed by atoms with Gasteiger partial charge in [0.25, 0.3) is 15.9 Å². The smallest absolute Gasteiger partial charge is 0.338 e. The largest absolute Gasteiger partial charge is 0.486 e. The number of carbonyl (C=O) groups excluding carboxylic acids is 2. The van der Waals surface area contributed by atoms with Crippen LogP contribution in [0.4, 0.5) is 11.4 Å². The van der Waals surface area contributed by atoms with Crippen molar-refractivity contribution in [1.82, 2.24) is 0 Å². The standard InChI is InChI=1S/C25H24N2O7S/c1-16-3-6-20(13-17(16)2)26-24(28)15-34-25(29)18-4-7-19(8-5-18)27-35(30,31)21-9-10-22-23(14-21)33-12-11-32-22/h3-10,13-14,27H,11-12,15H2,1-2H3,(H,26,28). The zero-order valence-electron chi connectivity index (χ0n) is 19.2. The van der Waals surface area contributed by atoms with Crippen LogP contribution in [0.2, 0.25) is 0 Å². The van der Waals surface area contributed by atoms with E-state index in [1.54, 1.807) is 6.07 Å². The number of hydrogen-bond acceptors (Lipinski definition) is 7. The zero-order valence-corrected chi connectivity index (χ0v) is 20.0. The first-order chi connectivity index (χ1) is 16.7. The Morgan fingerprint density at radius 2 is 1.54 bits per heavy atom. The number of aryl methyl sites for hydroxylation is 2. The lowest BCUT2D eigenvalue weighted by molar-refractivity contribution is -0.119. The molecule has 0 bridgehead atoms. The molecule has 0 spiro atoms. The van der Waals surface area contributed by atoms with Crippen LogP contribution in [0.5, 0.6) is 11.5 Å². The predicted octanol–water partition coefficient (Wildman–Crippen LogP) is 3.67. The molecule has 0 saturated heterocycles. The molecule has 0 aliphatic carbocycles. The summed E-state index contributed by atoms with van der Waals surface area (Å²) < 4.78 is 43.8. The third-order valence-corrected chi connectivity index (χ3v) is 6.70. The first-order valence-corrected chi connectivity index (χ1v) is 12.3. The van der Waals surface area contributed by atoms with Crippen LogP contribution in [-0.2, 0) is 19.6 Å². The molecule has 1 heterocycles. The van der Waals surface area contributed by atoms with Gasteiger partial charge in [-0.25, -0.2) is 13.2 Å². The molecule has 0 radical (unpaired) electrons. The highest BCUT2D eigenvalue weighted by Gasteiger charge is 2.20. The van der Waals surface area contributed by atoms with Gasteiger partial charge in [-0.15, -0.1) is 0 Å². The second kappa shape index (κ2) is 10.1. The van der Waals surface area contributed by atoms with Crippen molar-refractivity contribution < 1.29 is 32.2 Å². The van der Waals surface area contributed by atoms with Crippen LogP contribution in [0.3, 0.4) is 0 Å². The van der Waals surface area contributed by atoms with Crippen LogP contribution in [0, 0.1) is 13.8 Å². The second-order valence-electron chi connectivity index (χ2n) is 7.91. The quantitative estimate of drug-likeness (QED) is 0.479. The number of hydrogen-bond donors (Lipinski definition) is 2. The fourth-order valence-corrected chi connectivity index (χ4v) is 4.38. The molecule has 0 atom stereocenters. The number of nitrogens with one attached hydrogen (secondary N) is 2. The Labute approximate surface area is 203 Å². The molecule has 0 fully saturated rings. The van der Waals surface area contributed by atoms with Crippen molar-refractivity contribution in [3.05, 3.63) is 77.4 Å². The van der Waals surface area contributed by atoms with Crippen LogP contribution < -0.4 is 19.5 Å². The Balaban J connectivity index is 1.33. The van der Waals surface area contributed by atoms with Crippen LogP contribution in [0.15, 0.2) is 65.6 Å². The molecule has 3 aromatic carbocycles. The molecule has 1 amide bonds. The van der Waals surface area contributed by atoms with Crippen molar-refractivity contribution in [2.75, 3.05) is 29.9 Å². The van der Waals surface area contributed by atoms with Crippen molar-refractivity contribution in [3.63, 3.8) is 0 Å². The minimum Gasteiger partial charge on any atom is -0.486 e. The van der Waals surface area contributed by atoms with E-state index in [2.05, 4.69) is 10.0 Å². The Bertz CT molecular complexity index is 1370. The van der Waals surface area contributed by atoms with Gasteiger partial charge in [0.1, 0.15) is 13.2 Å². The lowest BCUT2D eigenvalue weighted by Gasteiger charge is -2.19. The van der Waals surface area contributed by atoms with Gasteiger partial charge < -0.3 is 19.5 Å². The summed E-state index contributed by atoms with van der Waals surface area (Å²) in [4.78, 5) is 24.4. The van der Waals surface area contributed by atoms with Crippen molar-refractivity contribution >= 4 is 33.3 Å². The molecular formula is C25H24N2O7S. The van der Waals surface area contributed by atoms with Crippen molar-refractivity contribution in [2.24, 2.45) is 0 Å². The number of benzene rings is 3. The van der Waals surface area contributed by atoms with E-state index in [4.69, 9.17) is 14.2 Å². The summed E-state index contributed by atoms with van der Waals surface area (Å²) in [6.07, 6.45) is 0. The maximum absolute atomic E-state index is 12.7. The monoisotopic (exact) mass is 496 g/mol. The molecule has 35 heavy (non-hydrogen) atoms. The van der Waals surface area contributed by atoms with E-state index in [9.17, 15) is 18.0 Å². The Morgan fingerprint density at radius 3 is 2.26 bits per heavy atom. The van der Waals surface area contributed by atoms with E-state index in [1.165, 1.54) is 42.5 Å². The topological polar surface area (TPSA) is 120 Å². The average molecular weight is 497 g/mol. The first kappa shape index (κ1) is 24.1. The molecule has 0 aromatic heterocycles. The minimum atomic E-state index is -3.89. The Kier molecular flexibility index (Phi) is 6.92. The number of ether oxygens (including phenoxy) is 3. The number of rotatable bonds is 7.